The van der Waals surface area contributed by atoms with Gasteiger partial charge < -0.3 is 16.2 Å². The molecule has 0 saturated heterocycles. The molecule has 0 aliphatic rings. The van der Waals surface area contributed by atoms with Gasteiger partial charge in [-0.05, 0) is 30.2 Å². The van der Waals surface area contributed by atoms with Gasteiger partial charge in [0, 0.05) is 36.3 Å². The van der Waals surface area contributed by atoms with Crippen LogP contribution >= 0.6 is 0 Å². The number of aromatic amines is 1. The fraction of sp³-hybridized carbons (Fsp3) is 0.217. The zero-order chi connectivity index (χ0) is 22.4. The van der Waals surface area contributed by atoms with Crippen LogP contribution in [0.2, 0.25) is 0 Å². The van der Waals surface area contributed by atoms with Gasteiger partial charge in [0.15, 0.2) is 0 Å². The molecule has 3 aromatic rings. The largest absolute Gasteiger partial charge is 0.492 e. The van der Waals surface area contributed by atoms with Crippen LogP contribution in [0, 0.1) is 11.3 Å². The van der Waals surface area contributed by atoms with Crippen molar-refractivity contribution in [3.63, 3.8) is 0 Å². The van der Waals surface area contributed by atoms with E-state index >= 15 is 0 Å². The average molecular weight is 416 g/mol. The van der Waals surface area contributed by atoms with Crippen LogP contribution < -0.4 is 21.8 Å². The van der Waals surface area contributed by atoms with Crippen LogP contribution in [-0.2, 0) is 6.54 Å². The molecule has 0 amide bonds. The van der Waals surface area contributed by atoms with Gasteiger partial charge in [0.2, 0.25) is 0 Å². The molecule has 158 valence electrons. The summed E-state index contributed by atoms with van der Waals surface area (Å²) in [5, 5.41) is 17.4. The minimum Gasteiger partial charge on any atom is -0.492 e. The molecule has 0 spiro atoms. The zero-order valence-electron chi connectivity index (χ0n) is 17.5. The van der Waals surface area contributed by atoms with E-state index in [9.17, 15) is 10.1 Å². The van der Waals surface area contributed by atoms with Crippen LogP contribution in [0.3, 0.4) is 0 Å². The predicted octanol–water partition coefficient (Wildman–Crippen LogP) is 2.46. The Bertz CT molecular complexity index is 1270. The lowest BCUT2D eigenvalue weighted by molar-refractivity contribution is 0.316. The van der Waals surface area contributed by atoms with Gasteiger partial charge in [-0.15, -0.1) is 0 Å². The first-order chi connectivity index (χ1) is 15.1. The molecule has 2 aromatic carbocycles. The first kappa shape index (κ1) is 21.7. The highest BCUT2D eigenvalue weighted by Gasteiger charge is 2.19. The van der Waals surface area contributed by atoms with Crippen molar-refractivity contribution in [2.75, 3.05) is 13.7 Å². The number of ether oxygens (including phenoxy) is 1. The highest BCUT2D eigenvalue weighted by Crippen LogP contribution is 2.29. The standard InChI is InChI=1S/C23H24N6O2/c1-3-9-31-21-6-4-5-15(19(21)12-25)22(27-2)18(11-24)14-7-8-16-17(10-14)20(13-26)28-29-23(16)30/h4-8,10-11H,3,9,13,24,26H2,1-2H3,(H,29,30)/b18-11-,27-22?. The van der Waals surface area contributed by atoms with Gasteiger partial charge in [0.1, 0.15) is 17.4 Å². The van der Waals surface area contributed by atoms with E-state index in [2.05, 4.69) is 21.3 Å². The number of aliphatic imine (C=N–C) groups is 1. The highest BCUT2D eigenvalue weighted by molar-refractivity contribution is 6.32. The van der Waals surface area contributed by atoms with Gasteiger partial charge in [-0.1, -0.05) is 25.1 Å². The highest BCUT2D eigenvalue weighted by atomic mass is 16.5. The summed E-state index contributed by atoms with van der Waals surface area (Å²) in [5.41, 5.74) is 14.9. The third-order valence-corrected chi connectivity index (χ3v) is 4.87. The number of nitrogens with zero attached hydrogens (tertiary/aromatic N) is 3. The monoisotopic (exact) mass is 416 g/mol. The molecule has 5 N–H and O–H groups in total. The Labute approximate surface area is 179 Å². The SMILES string of the molecule is CCCOc1cccc(C(=NC)/C(=C\N)c2ccc3c(=O)[nH]nc(CN)c3c2)c1C#N. The van der Waals surface area contributed by atoms with Gasteiger partial charge in [-0.3, -0.25) is 9.79 Å². The number of benzene rings is 2. The number of nitrogens with two attached hydrogens (primary N) is 2. The Morgan fingerprint density at radius 3 is 2.77 bits per heavy atom. The van der Waals surface area contributed by atoms with Crippen LogP contribution in [0.25, 0.3) is 16.3 Å². The molecule has 0 aliphatic heterocycles. The topological polar surface area (TPSA) is 143 Å². The molecule has 1 heterocycles. The number of H-pyrrole nitrogens is 1. The van der Waals surface area contributed by atoms with Crippen molar-refractivity contribution in [1.29, 1.82) is 5.26 Å². The molecule has 3 rings (SSSR count). The van der Waals surface area contributed by atoms with Crippen LogP contribution in [-0.4, -0.2) is 29.6 Å². The van der Waals surface area contributed by atoms with Crippen LogP contribution in [0.4, 0.5) is 0 Å². The van der Waals surface area contributed by atoms with Crippen molar-refractivity contribution in [3.8, 4) is 11.8 Å². The summed E-state index contributed by atoms with van der Waals surface area (Å²) < 4.78 is 5.74. The fourth-order valence-electron chi connectivity index (χ4n) is 3.42. The molecule has 0 saturated carbocycles. The summed E-state index contributed by atoms with van der Waals surface area (Å²) in [7, 11) is 1.64. The smallest absolute Gasteiger partial charge is 0.272 e. The molecule has 0 fully saturated rings. The first-order valence-corrected chi connectivity index (χ1v) is 9.86. The van der Waals surface area contributed by atoms with Gasteiger partial charge >= 0.3 is 0 Å². The van der Waals surface area contributed by atoms with Crippen molar-refractivity contribution in [1.82, 2.24) is 10.2 Å². The average Bonchev–Trinajstić information content (AvgIpc) is 2.80. The number of hydrogen-bond donors (Lipinski definition) is 3. The van der Waals surface area contributed by atoms with E-state index in [1.54, 1.807) is 25.2 Å². The second-order valence-electron chi connectivity index (χ2n) is 6.76. The maximum atomic E-state index is 12.1. The number of allylic oxidation sites excluding steroid dienone is 1. The van der Waals surface area contributed by atoms with Gasteiger partial charge in [-0.25, -0.2) is 5.10 Å². The molecule has 0 aliphatic carbocycles. The maximum Gasteiger partial charge on any atom is 0.272 e. The Kier molecular flexibility index (Phi) is 6.80. The third-order valence-electron chi connectivity index (χ3n) is 4.87. The summed E-state index contributed by atoms with van der Waals surface area (Å²) in [6, 6.07) is 12.9. The minimum atomic E-state index is -0.297. The van der Waals surface area contributed by atoms with E-state index in [0.29, 0.717) is 51.2 Å². The van der Waals surface area contributed by atoms with E-state index in [0.717, 1.165) is 12.0 Å². The van der Waals surface area contributed by atoms with Crippen LogP contribution in [0.5, 0.6) is 5.75 Å². The second-order valence-corrected chi connectivity index (χ2v) is 6.76. The number of nitriles is 1. The van der Waals surface area contributed by atoms with E-state index in [1.165, 1.54) is 6.20 Å². The molecular weight excluding hydrogens is 392 g/mol. The molecular formula is C23H24N6O2. The van der Waals surface area contributed by atoms with E-state index in [-0.39, 0.29) is 12.1 Å². The van der Waals surface area contributed by atoms with E-state index in [4.69, 9.17) is 16.2 Å². The third kappa shape index (κ3) is 4.17. The lowest BCUT2D eigenvalue weighted by Gasteiger charge is -2.15. The molecule has 31 heavy (non-hydrogen) atoms. The normalized spacial score (nSPS) is 12.1. The maximum absolute atomic E-state index is 12.1. The van der Waals surface area contributed by atoms with E-state index in [1.807, 2.05) is 25.1 Å². The second kappa shape index (κ2) is 9.69. The van der Waals surface area contributed by atoms with Crippen molar-refractivity contribution in [2.24, 2.45) is 16.5 Å². The molecule has 0 radical (unpaired) electrons. The number of nitrogens with one attached hydrogen (secondary N) is 1. The lowest BCUT2D eigenvalue weighted by atomic mass is 9.92. The van der Waals surface area contributed by atoms with Crippen molar-refractivity contribution in [2.45, 2.75) is 19.9 Å². The van der Waals surface area contributed by atoms with Crippen molar-refractivity contribution >= 4 is 22.1 Å². The molecule has 8 nitrogen and oxygen atoms in total. The number of hydrogen-bond acceptors (Lipinski definition) is 7. The molecule has 1 aromatic heterocycles. The quantitative estimate of drug-likeness (QED) is 0.505. The number of fused-ring (bicyclic) bond motifs is 1. The minimum absolute atomic E-state index is 0.169. The molecule has 0 unspecified atom stereocenters. The molecule has 8 heteroatoms. The fourth-order valence-corrected chi connectivity index (χ4v) is 3.42. The predicted molar refractivity (Wildman–Crippen MR) is 122 cm³/mol. The van der Waals surface area contributed by atoms with Crippen molar-refractivity contribution in [3.05, 3.63) is 75.3 Å². The number of aromatic nitrogens is 2. The Morgan fingerprint density at radius 1 is 1.32 bits per heavy atom. The first-order valence-electron chi connectivity index (χ1n) is 9.86. The van der Waals surface area contributed by atoms with Crippen LogP contribution in [0.15, 0.2) is 52.4 Å². The summed E-state index contributed by atoms with van der Waals surface area (Å²) >= 11 is 0. The summed E-state index contributed by atoms with van der Waals surface area (Å²) in [4.78, 5) is 16.6. The molecule has 0 bridgehead atoms. The number of rotatable bonds is 7. The summed E-state index contributed by atoms with van der Waals surface area (Å²) in [6.07, 6.45) is 2.26. The zero-order valence-corrected chi connectivity index (χ0v) is 17.5. The van der Waals surface area contributed by atoms with Crippen molar-refractivity contribution < 1.29 is 4.74 Å². The van der Waals surface area contributed by atoms with Gasteiger partial charge in [0.25, 0.3) is 5.56 Å². The summed E-state index contributed by atoms with van der Waals surface area (Å²) in [6.45, 7) is 2.67. The lowest BCUT2D eigenvalue weighted by Crippen LogP contribution is -2.14. The summed E-state index contributed by atoms with van der Waals surface area (Å²) in [5.74, 6) is 0.499. The molecule has 0 atom stereocenters. The Morgan fingerprint density at radius 2 is 2.13 bits per heavy atom. The van der Waals surface area contributed by atoms with E-state index < -0.39 is 0 Å². The van der Waals surface area contributed by atoms with Gasteiger partial charge in [0.05, 0.1) is 23.4 Å². The van der Waals surface area contributed by atoms with Gasteiger partial charge in [-0.2, -0.15) is 10.4 Å². The Hall–Kier alpha value is -3.96. The van der Waals surface area contributed by atoms with Crippen LogP contribution in [0.1, 0.15) is 35.7 Å². The Balaban J connectivity index is 2.17.